The lowest BCUT2D eigenvalue weighted by Gasteiger charge is -2.30. The van der Waals surface area contributed by atoms with Gasteiger partial charge in [-0.1, -0.05) is 0 Å². The molecule has 1 fully saturated rings. The number of aromatic amines is 2. The largest absolute Gasteiger partial charge is 0.466 e. The van der Waals surface area contributed by atoms with Crippen molar-refractivity contribution < 1.29 is 17.9 Å². The van der Waals surface area contributed by atoms with Gasteiger partial charge in [0.15, 0.2) is 4.90 Å². The Hall–Kier alpha value is -1.94. The van der Waals surface area contributed by atoms with Gasteiger partial charge in [-0.15, -0.1) is 0 Å². The van der Waals surface area contributed by atoms with Gasteiger partial charge in [-0.05, 0) is 19.8 Å². The number of ether oxygens (including phenoxy) is 1. The molecule has 0 aromatic carbocycles. The average Bonchev–Trinajstić information content (AvgIpc) is 2.47. The molecule has 1 aromatic heterocycles. The molecule has 0 unspecified atom stereocenters. The summed E-state index contributed by atoms with van der Waals surface area (Å²) in [5, 5.41) is 0. The van der Waals surface area contributed by atoms with Crippen molar-refractivity contribution in [1.82, 2.24) is 14.3 Å². The summed E-state index contributed by atoms with van der Waals surface area (Å²) in [5.74, 6) is -0.997. The summed E-state index contributed by atoms with van der Waals surface area (Å²) in [7, 11) is -4.08. The second-order valence-corrected chi connectivity index (χ2v) is 6.80. The van der Waals surface area contributed by atoms with Crippen LogP contribution in [0.3, 0.4) is 0 Å². The van der Waals surface area contributed by atoms with E-state index < -0.39 is 38.1 Å². The summed E-state index contributed by atoms with van der Waals surface area (Å²) in [6, 6.07) is 0. The number of rotatable bonds is 4. The van der Waals surface area contributed by atoms with E-state index >= 15 is 0 Å². The lowest BCUT2D eigenvalue weighted by atomic mass is 10.0. The van der Waals surface area contributed by atoms with Crippen LogP contribution in [-0.4, -0.2) is 48.4 Å². The van der Waals surface area contributed by atoms with E-state index in [2.05, 4.69) is 4.98 Å². The van der Waals surface area contributed by atoms with E-state index in [-0.39, 0.29) is 19.7 Å². The van der Waals surface area contributed by atoms with Gasteiger partial charge in [-0.3, -0.25) is 14.6 Å². The number of esters is 1. The fourth-order valence-corrected chi connectivity index (χ4v) is 3.86. The van der Waals surface area contributed by atoms with Gasteiger partial charge in [0.1, 0.15) is 0 Å². The lowest BCUT2D eigenvalue weighted by Crippen LogP contribution is -2.44. The molecule has 1 aliphatic heterocycles. The number of H-pyrrole nitrogens is 2. The molecule has 0 spiro atoms. The van der Waals surface area contributed by atoms with Crippen LogP contribution in [0, 0.1) is 5.92 Å². The van der Waals surface area contributed by atoms with Gasteiger partial charge in [0.05, 0.1) is 12.5 Å². The molecule has 0 saturated carbocycles. The standard InChI is InChI=1S/C12H17N3O6S/c1-2-21-11(17)8-4-3-5-15(7-8)22(19,20)9-6-13-12(18)14-10(9)16/h6,8H,2-5,7H2,1H3,(H2,13,14,16,18)/t8-/m1/s1. The first-order valence-corrected chi connectivity index (χ1v) is 8.29. The first-order chi connectivity index (χ1) is 10.4. The Balaban J connectivity index is 2.27. The molecule has 0 radical (unpaired) electrons. The van der Waals surface area contributed by atoms with Crippen LogP contribution < -0.4 is 11.2 Å². The molecular formula is C12H17N3O6S. The van der Waals surface area contributed by atoms with E-state index in [0.29, 0.717) is 12.8 Å². The molecule has 0 bridgehead atoms. The van der Waals surface area contributed by atoms with E-state index in [9.17, 15) is 22.8 Å². The number of piperidine rings is 1. The maximum absolute atomic E-state index is 12.5. The van der Waals surface area contributed by atoms with E-state index in [1.54, 1.807) is 6.92 Å². The molecule has 2 heterocycles. The molecule has 122 valence electrons. The Morgan fingerprint density at radius 1 is 1.45 bits per heavy atom. The van der Waals surface area contributed by atoms with E-state index in [0.717, 1.165) is 10.5 Å². The molecule has 1 atom stereocenters. The minimum absolute atomic E-state index is 0.0419. The van der Waals surface area contributed by atoms with Crippen molar-refractivity contribution >= 4 is 16.0 Å². The van der Waals surface area contributed by atoms with Gasteiger partial charge in [-0.2, -0.15) is 4.31 Å². The van der Waals surface area contributed by atoms with Crippen LogP contribution in [0.5, 0.6) is 0 Å². The molecule has 1 aliphatic rings. The van der Waals surface area contributed by atoms with Gasteiger partial charge in [-0.25, -0.2) is 13.2 Å². The Morgan fingerprint density at radius 3 is 2.82 bits per heavy atom. The molecule has 2 N–H and O–H groups in total. The highest BCUT2D eigenvalue weighted by Crippen LogP contribution is 2.22. The van der Waals surface area contributed by atoms with Crippen LogP contribution in [0.15, 0.2) is 20.7 Å². The summed E-state index contributed by atoms with van der Waals surface area (Å²) in [5.41, 5.74) is -1.77. The van der Waals surface area contributed by atoms with Crippen molar-refractivity contribution in [2.75, 3.05) is 19.7 Å². The smallest absolute Gasteiger partial charge is 0.325 e. The highest BCUT2D eigenvalue weighted by molar-refractivity contribution is 7.89. The molecule has 0 amide bonds. The van der Waals surface area contributed by atoms with Crippen molar-refractivity contribution in [3.63, 3.8) is 0 Å². The fraction of sp³-hybridized carbons (Fsp3) is 0.583. The number of hydrogen-bond donors (Lipinski definition) is 2. The molecule has 10 heteroatoms. The van der Waals surface area contributed by atoms with Crippen molar-refractivity contribution in [2.45, 2.75) is 24.7 Å². The molecule has 1 aromatic rings. The predicted octanol–water partition coefficient (Wildman–Crippen LogP) is -0.973. The number of nitrogens with one attached hydrogen (secondary N) is 2. The van der Waals surface area contributed by atoms with Crippen molar-refractivity contribution in [3.8, 4) is 0 Å². The molecule has 1 saturated heterocycles. The van der Waals surface area contributed by atoms with Crippen LogP contribution >= 0.6 is 0 Å². The number of carbonyl (C=O) groups is 1. The Kier molecular flexibility index (Phi) is 4.81. The summed E-state index contributed by atoms with van der Waals surface area (Å²) in [4.78, 5) is 37.9. The van der Waals surface area contributed by atoms with Gasteiger partial charge in [0, 0.05) is 19.3 Å². The highest BCUT2D eigenvalue weighted by Gasteiger charge is 2.35. The third-order valence-corrected chi connectivity index (χ3v) is 5.28. The maximum atomic E-state index is 12.5. The number of carbonyl (C=O) groups excluding carboxylic acids is 1. The van der Waals surface area contributed by atoms with Crippen molar-refractivity contribution in [1.29, 1.82) is 0 Å². The molecule has 0 aliphatic carbocycles. The highest BCUT2D eigenvalue weighted by atomic mass is 32.2. The number of sulfonamides is 1. The topological polar surface area (TPSA) is 129 Å². The van der Waals surface area contributed by atoms with E-state index in [1.165, 1.54) is 0 Å². The Bertz CT molecular complexity index is 766. The molecule has 22 heavy (non-hydrogen) atoms. The first-order valence-electron chi connectivity index (χ1n) is 6.85. The van der Waals surface area contributed by atoms with Crippen molar-refractivity contribution in [3.05, 3.63) is 27.0 Å². The second-order valence-electron chi connectivity index (χ2n) is 4.89. The van der Waals surface area contributed by atoms with Gasteiger partial charge in [0.2, 0.25) is 10.0 Å². The molecular weight excluding hydrogens is 314 g/mol. The quantitative estimate of drug-likeness (QED) is 0.683. The normalized spacial score (nSPS) is 19.8. The lowest BCUT2D eigenvalue weighted by molar-refractivity contribution is -0.149. The van der Waals surface area contributed by atoms with Crippen LogP contribution in [-0.2, 0) is 19.6 Å². The second kappa shape index (κ2) is 6.44. The molecule has 2 rings (SSSR count). The summed E-state index contributed by atoms with van der Waals surface area (Å²) < 4.78 is 30.9. The van der Waals surface area contributed by atoms with Gasteiger partial charge in [0.25, 0.3) is 5.56 Å². The van der Waals surface area contributed by atoms with Gasteiger partial charge < -0.3 is 9.72 Å². The zero-order valence-corrected chi connectivity index (χ0v) is 12.8. The van der Waals surface area contributed by atoms with E-state index in [1.807, 2.05) is 4.98 Å². The fourth-order valence-electron chi connectivity index (χ4n) is 2.34. The monoisotopic (exact) mass is 331 g/mol. The average molecular weight is 331 g/mol. The zero-order chi connectivity index (χ0) is 16.3. The molecule has 9 nitrogen and oxygen atoms in total. The number of hydrogen-bond acceptors (Lipinski definition) is 6. The predicted molar refractivity (Wildman–Crippen MR) is 75.8 cm³/mol. The van der Waals surface area contributed by atoms with Crippen LogP contribution in [0.1, 0.15) is 19.8 Å². The zero-order valence-electron chi connectivity index (χ0n) is 12.0. The maximum Gasteiger partial charge on any atom is 0.325 e. The third-order valence-electron chi connectivity index (χ3n) is 3.41. The summed E-state index contributed by atoms with van der Waals surface area (Å²) in [6.45, 7) is 2.06. The van der Waals surface area contributed by atoms with Crippen LogP contribution in [0.25, 0.3) is 0 Å². The minimum Gasteiger partial charge on any atom is -0.466 e. The Morgan fingerprint density at radius 2 is 2.18 bits per heavy atom. The van der Waals surface area contributed by atoms with E-state index in [4.69, 9.17) is 4.74 Å². The van der Waals surface area contributed by atoms with Crippen LogP contribution in [0.2, 0.25) is 0 Å². The summed E-state index contributed by atoms with van der Waals surface area (Å²) >= 11 is 0. The first kappa shape index (κ1) is 16.4. The number of nitrogens with zero attached hydrogens (tertiary/aromatic N) is 1. The Labute approximate surface area is 126 Å². The van der Waals surface area contributed by atoms with Crippen LogP contribution in [0.4, 0.5) is 0 Å². The minimum atomic E-state index is -4.08. The van der Waals surface area contributed by atoms with Crippen molar-refractivity contribution in [2.24, 2.45) is 5.92 Å². The third kappa shape index (κ3) is 3.28. The summed E-state index contributed by atoms with van der Waals surface area (Å²) in [6.07, 6.45) is 1.89. The van der Waals surface area contributed by atoms with Gasteiger partial charge >= 0.3 is 11.7 Å². The number of aromatic nitrogens is 2. The SMILES string of the molecule is CCOC(=O)[C@@H]1CCCN(S(=O)(=O)c2c[nH]c(=O)[nH]c2=O)C1.